The second-order valence-electron chi connectivity index (χ2n) is 5.26. The Balaban J connectivity index is 2.13. The molecule has 0 radical (unpaired) electrons. The second kappa shape index (κ2) is 8.77. The van der Waals surface area contributed by atoms with Crippen molar-refractivity contribution in [2.24, 2.45) is 0 Å². The zero-order valence-electron chi connectivity index (χ0n) is 13.8. The smallest absolute Gasteiger partial charge is 0.251 e. The predicted molar refractivity (Wildman–Crippen MR) is 98.7 cm³/mol. The minimum atomic E-state index is -3.69. The molecule has 25 heavy (non-hydrogen) atoms. The molecule has 0 aliphatic rings. The Morgan fingerprint density at radius 3 is 2.68 bits per heavy atom. The third kappa shape index (κ3) is 5.52. The zero-order valence-corrected chi connectivity index (χ0v) is 16.2. The quantitative estimate of drug-likeness (QED) is 0.664. The molecular weight excluding hydrogens is 384 g/mol. The van der Waals surface area contributed by atoms with E-state index in [-0.39, 0.29) is 24.0 Å². The summed E-state index contributed by atoms with van der Waals surface area (Å²) in [6.07, 6.45) is 0. The molecule has 2 aromatic rings. The molecule has 1 heterocycles. The number of rotatable bonds is 8. The van der Waals surface area contributed by atoms with E-state index in [0.29, 0.717) is 22.0 Å². The maximum Gasteiger partial charge on any atom is 0.251 e. The molecule has 0 fully saturated rings. The van der Waals surface area contributed by atoms with Crippen molar-refractivity contribution >= 4 is 38.9 Å². The summed E-state index contributed by atoms with van der Waals surface area (Å²) >= 11 is 7.24. The maximum absolute atomic E-state index is 12.4. The first-order valence-electron chi connectivity index (χ1n) is 7.45. The topological polar surface area (TPSA) is 84.5 Å². The highest BCUT2D eigenvalue weighted by Crippen LogP contribution is 2.21. The molecular formula is C16H19ClN2O4S2. The molecule has 2 N–H and O–H groups in total. The third-order valence-electron chi connectivity index (χ3n) is 3.41. The van der Waals surface area contributed by atoms with Crippen molar-refractivity contribution in [1.29, 1.82) is 0 Å². The van der Waals surface area contributed by atoms with Gasteiger partial charge in [0, 0.05) is 24.1 Å². The SMILES string of the molecule is COCCNS(=O)(=O)c1ccc(C)c(C(=O)NCc2ccc(Cl)s2)c1. The first kappa shape index (κ1) is 19.9. The number of halogens is 1. The van der Waals surface area contributed by atoms with Crippen molar-refractivity contribution in [3.63, 3.8) is 0 Å². The number of carbonyl (C=O) groups is 1. The summed E-state index contributed by atoms with van der Waals surface area (Å²) in [6, 6.07) is 8.06. The first-order chi connectivity index (χ1) is 11.8. The van der Waals surface area contributed by atoms with Crippen LogP contribution in [0.15, 0.2) is 35.2 Å². The molecule has 1 amide bonds. The first-order valence-corrected chi connectivity index (χ1v) is 10.1. The fraction of sp³-hybridized carbons (Fsp3) is 0.312. The van der Waals surface area contributed by atoms with Crippen molar-refractivity contribution in [2.45, 2.75) is 18.4 Å². The summed E-state index contributed by atoms with van der Waals surface area (Å²) in [6.45, 7) is 2.51. The van der Waals surface area contributed by atoms with Crippen LogP contribution in [-0.2, 0) is 21.3 Å². The highest BCUT2D eigenvalue weighted by atomic mass is 35.5. The number of hydrogen-bond acceptors (Lipinski definition) is 5. The molecule has 0 saturated heterocycles. The van der Waals surface area contributed by atoms with Gasteiger partial charge in [-0.15, -0.1) is 11.3 Å². The van der Waals surface area contributed by atoms with Gasteiger partial charge in [0.15, 0.2) is 0 Å². The van der Waals surface area contributed by atoms with E-state index >= 15 is 0 Å². The summed E-state index contributed by atoms with van der Waals surface area (Å²) in [4.78, 5) is 13.4. The molecule has 0 unspecified atom stereocenters. The van der Waals surface area contributed by atoms with Gasteiger partial charge >= 0.3 is 0 Å². The minimum absolute atomic E-state index is 0.0403. The van der Waals surface area contributed by atoms with Crippen LogP contribution < -0.4 is 10.0 Å². The van der Waals surface area contributed by atoms with Gasteiger partial charge in [-0.3, -0.25) is 4.79 Å². The van der Waals surface area contributed by atoms with Crippen molar-refractivity contribution in [3.8, 4) is 0 Å². The number of methoxy groups -OCH3 is 1. The van der Waals surface area contributed by atoms with Crippen LogP contribution in [0.2, 0.25) is 4.34 Å². The molecule has 1 aromatic heterocycles. The molecule has 2 rings (SSSR count). The molecule has 0 atom stereocenters. The second-order valence-corrected chi connectivity index (χ2v) is 8.82. The monoisotopic (exact) mass is 402 g/mol. The van der Waals surface area contributed by atoms with E-state index in [0.717, 1.165) is 4.88 Å². The van der Waals surface area contributed by atoms with E-state index in [1.54, 1.807) is 19.1 Å². The average Bonchev–Trinajstić information content (AvgIpc) is 2.98. The van der Waals surface area contributed by atoms with E-state index in [1.165, 1.54) is 30.6 Å². The van der Waals surface area contributed by atoms with Gasteiger partial charge in [0.25, 0.3) is 5.91 Å². The third-order valence-corrected chi connectivity index (χ3v) is 6.10. The van der Waals surface area contributed by atoms with E-state index in [9.17, 15) is 13.2 Å². The molecule has 0 bridgehead atoms. The molecule has 6 nitrogen and oxygen atoms in total. The Morgan fingerprint density at radius 2 is 2.04 bits per heavy atom. The number of amides is 1. The van der Waals surface area contributed by atoms with E-state index in [4.69, 9.17) is 16.3 Å². The summed E-state index contributed by atoms with van der Waals surface area (Å²) in [5.41, 5.74) is 1.01. The lowest BCUT2D eigenvalue weighted by Crippen LogP contribution is -2.28. The summed E-state index contributed by atoms with van der Waals surface area (Å²) in [5, 5.41) is 2.78. The molecule has 136 valence electrons. The number of nitrogens with one attached hydrogen (secondary N) is 2. The Bertz CT molecular complexity index is 850. The van der Waals surface area contributed by atoms with Crippen LogP contribution in [0.25, 0.3) is 0 Å². The molecule has 0 spiro atoms. The number of sulfonamides is 1. The Hall–Kier alpha value is -1.45. The van der Waals surface area contributed by atoms with Crippen LogP contribution in [0.1, 0.15) is 20.8 Å². The van der Waals surface area contributed by atoms with Crippen LogP contribution in [-0.4, -0.2) is 34.6 Å². The lowest BCUT2D eigenvalue weighted by atomic mass is 10.1. The Kier molecular flexibility index (Phi) is 6.97. The van der Waals surface area contributed by atoms with Gasteiger partial charge in [-0.1, -0.05) is 17.7 Å². The number of thiophene rings is 1. The summed E-state index contributed by atoms with van der Waals surface area (Å²) in [5.74, 6) is -0.337. The summed E-state index contributed by atoms with van der Waals surface area (Å²) in [7, 11) is -2.20. The van der Waals surface area contributed by atoms with Crippen molar-refractivity contribution in [3.05, 3.63) is 50.7 Å². The molecule has 1 aromatic carbocycles. The lowest BCUT2D eigenvalue weighted by molar-refractivity contribution is 0.0950. The van der Waals surface area contributed by atoms with Gasteiger partial charge < -0.3 is 10.1 Å². The van der Waals surface area contributed by atoms with Gasteiger partial charge in [0.1, 0.15) is 0 Å². The molecule has 0 aliphatic heterocycles. The van der Waals surface area contributed by atoms with E-state index in [2.05, 4.69) is 10.0 Å². The predicted octanol–water partition coefficient (Wildman–Crippen LogP) is 2.56. The van der Waals surface area contributed by atoms with Crippen molar-refractivity contribution in [1.82, 2.24) is 10.0 Å². The van der Waals surface area contributed by atoms with Gasteiger partial charge in [-0.05, 0) is 36.8 Å². The van der Waals surface area contributed by atoms with Crippen LogP contribution in [0, 0.1) is 6.92 Å². The van der Waals surface area contributed by atoms with E-state index in [1.807, 2.05) is 6.07 Å². The highest BCUT2D eigenvalue weighted by molar-refractivity contribution is 7.89. The fourth-order valence-corrected chi connectivity index (χ4v) is 4.15. The van der Waals surface area contributed by atoms with E-state index < -0.39 is 10.0 Å². The lowest BCUT2D eigenvalue weighted by Gasteiger charge is -2.11. The number of benzene rings is 1. The standard InChI is InChI=1S/C16H19ClN2O4S2/c1-11-3-5-13(25(21,22)19-7-8-23-2)9-14(11)16(20)18-10-12-4-6-15(17)24-12/h3-6,9,19H,7-8,10H2,1-2H3,(H,18,20). The highest BCUT2D eigenvalue weighted by Gasteiger charge is 2.17. The molecule has 0 saturated carbocycles. The Labute approximate surface area is 156 Å². The maximum atomic E-state index is 12.4. The number of carbonyl (C=O) groups excluding carboxylic acids is 1. The normalized spacial score (nSPS) is 11.5. The molecule has 0 aliphatic carbocycles. The van der Waals surface area contributed by atoms with Crippen LogP contribution >= 0.6 is 22.9 Å². The minimum Gasteiger partial charge on any atom is -0.383 e. The van der Waals surface area contributed by atoms with Gasteiger partial charge in [-0.2, -0.15) is 0 Å². The van der Waals surface area contributed by atoms with Gasteiger partial charge in [0.2, 0.25) is 10.0 Å². The summed E-state index contributed by atoms with van der Waals surface area (Å²) < 4.78 is 32.4. The van der Waals surface area contributed by atoms with Crippen molar-refractivity contribution < 1.29 is 17.9 Å². The number of ether oxygens (including phenoxy) is 1. The number of hydrogen-bond donors (Lipinski definition) is 2. The zero-order chi connectivity index (χ0) is 18.4. The number of aryl methyl sites for hydroxylation is 1. The average molecular weight is 403 g/mol. The fourth-order valence-electron chi connectivity index (χ4n) is 2.08. The van der Waals surface area contributed by atoms with Gasteiger partial charge in [-0.25, -0.2) is 13.1 Å². The van der Waals surface area contributed by atoms with Gasteiger partial charge in [0.05, 0.1) is 22.4 Å². The van der Waals surface area contributed by atoms with Crippen LogP contribution in [0.4, 0.5) is 0 Å². The largest absolute Gasteiger partial charge is 0.383 e. The molecule has 9 heteroatoms. The Morgan fingerprint density at radius 1 is 1.28 bits per heavy atom. The van der Waals surface area contributed by atoms with Crippen molar-refractivity contribution in [2.75, 3.05) is 20.3 Å². The van der Waals surface area contributed by atoms with Crippen LogP contribution in [0.3, 0.4) is 0 Å². The van der Waals surface area contributed by atoms with Crippen LogP contribution in [0.5, 0.6) is 0 Å².